The van der Waals surface area contributed by atoms with Gasteiger partial charge < -0.3 is 4.90 Å². The van der Waals surface area contributed by atoms with Crippen molar-refractivity contribution in [2.45, 2.75) is 19.0 Å². The molecule has 1 aromatic carbocycles. The van der Waals surface area contributed by atoms with Crippen molar-refractivity contribution in [3.63, 3.8) is 0 Å². The molecule has 0 spiro atoms. The second kappa shape index (κ2) is 3.81. The average Bonchev–Trinajstić information content (AvgIpc) is 2.83. The molecule has 1 aliphatic heterocycles. The fourth-order valence-corrected chi connectivity index (χ4v) is 2.76. The van der Waals surface area contributed by atoms with Gasteiger partial charge in [-0.2, -0.15) is 5.10 Å². The molecule has 0 aliphatic carbocycles. The van der Waals surface area contributed by atoms with E-state index in [9.17, 15) is 4.39 Å². The van der Waals surface area contributed by atoms with Crippen LogP contribution >= 0.6 is 0 Å². The van der Waals surface area contributed by atoms with Crippen LogP contribution in [0.2, 0.25) is 0 Å². The molecule has 0 radical (unpaired) electrons. The lowest BCUT2D eigenvalue weighted by Crippen LogP contribution is -2.13. The van der Waals surface area contributed by atoms with Gasteiger partial charge >= 0.3 is 0 Å². The number of nitrogens with zero attached hydrogens (tertiary/aromatic N) is 2. The molecule has 17 heavy (non-hydrogen) atoms. The number of nitrogens with one attached hydrogen (secondary N) is 1. The fourth-order valence-electron chi connectivity index (χ4n) is 2.76. The molecule has 4 heteroatoms. The molecule has 1 saturated heterocycles. The minimum atomic E-state index is -0.765. The number of halogens is 1. The van der Waals surface area contributed by atoms with Crippen LogP contribution in [0.3, 0.4) is 0 Å². The predicted molar refractivity (Wildman–Crippen MR) is 66.0 cm³/mol. The number of hydrogen-bond acceptors (Lipinski definition) is 2. The number of likely N-dealkylation sites (tertiary alicyclic amines) is 1. The molecular weight excluding hydrogens is 217 g/mol. The van der Waals surface area contributed by atoms with Crippen LogP contribution in [0.25, 0.3) is 10.9 Å². The maximum atomic E-state index is 14.0. The van der Waals surface area contributed by atoms with Crippen molar-refractivity contribution in [3.8, 4) is 0 Å². The number of fused-ring (bicyclic) bond motifs is 1. The van der Waals surface area contributed by atoms with Gasteiger partial charge in [0.05, 0.1) is 11.7 Å². The summed E-state index contributed by atoms with van der Waals surface area (Å²) in [6.07, 6.45) is 1.04. The quantitative estimate of drug-likeness (QED) is 0.819. The summed E-state index contributed by atoms with van der Waals surface area (Å²) in [5.74, 6) is -0.00676. The van der Waals surface area contributed by atoms with Gasteiger partial charge in [0, 0.05) is 24.4 Å². The molecule has 90 valence electrons. The number of benzene rings is 1. The van der Waals surface area contributed by atoms with E-state index in [0.29, 0.717) is 6.54 Å². The number of alkyl halides is 1. The van der Waals surface area contributed by atoms with Crippen molar-refractivity contribution in [1.29, 1.82) is 0 Å². The normalized spacial score (nSPS) is 25.8. The Morgan fingerprint density at radius 2 is 2.24 bits per heavy atom. The van der Waals surface area contributed by atoms with Gasteiger partial charge in [-0.15, -0.1) is 0 Å². The monoisotopic (exact) mass is 233 g/mol. The Morgan fingerprint density at radius 1 is 1.41 bits per heavy atom. The summed E-state index contributed by atoms with van der Waals surface area (Å²) in [4.78, 5) is 2.05. The van der Waals surface area contributed by atoms with Crippen LogP contribution in [0.1, 0.15) is 17.0 Å². The molecular formula is C13H16FN3. The van der Waals surface area contributed by atoms with Gasteiger partial charge in [0.25, 0.3) is 0 Å². The Balaban J connectivity index is 2.07. The van der Waals surface area contributed by atoms with E-state index in [0.717, 1.165) is 28.6 Å². The summed E-state index contributed by atoms with van der Waals surface area (Å²) in [5.41, 5.74) is 3.26. The number of aryl methyl sites for hydroxylation is 1. The first-order valence-corrected chi connectivity index (χ1v) is 5.91. The predicted octanol–water partition coefficient (Wildman–Crippen LogP) is 2.24. The first kappa shape index (κ1) is 10.7. The summed E-state index contributed by atoms with van der Waals surface area (Å²) in [7, 11) is 1.97. The molecule has 1 fully saturated rings. The zero-order valence-electron chi connectivity index (χ0n) is 10.1. The van der Waals surface area contributed by atoms with Gasteiger partial charge in [-0.3, -0.25) is 5.10 Å². The van der Waals surface area contributed by atoms with Gasteiger partial charge in [0.15, 0.2) is 0 Å². The molecule has 2 atom stereocenters. The molecule has 1 aliphatic rings. The summed E-state index contributed by atoms with van der Waals surface area (Å²) in [5, 5.41) is 8.06. The number of aromatic nitrogens is 2. The second-order valence-electron chi connectivity index (χ2n) is 5.01. The van der Waals surface area contributed by atoms with Gasteiger partial charge in [0.1, 0.15) is 6.17 Å². The highest BCUT2D eigenvalue weighted by Crippen LogP contribution is 2.32. The highest BCUT2D eigenvalue weighted by molar-refractivity contribution is 5.79. The van der Waals surface area contributed by atoms with Crippen LogP contribution in [0.4, 0.5) is 4.39 Å². The Hall–Kier alpha value is -1.42. The third-order valence-electron chi connectivity index (χ3n) is 3.66. The summed E-state index contributed by atoms with van der Waals surface area (Å²) < 4.78 is 14.0. The van der Waals surface area contributed by atoms with Crippen LogP contribution in [-0.4, -0.2) is 41.4 Å². The van der Waals surface area contributed by atoms with E-state index in [4.69, 9.17) is 0 Å². The van der Waals surface area contributed by atoms with Crippen molar-refractivity contribution < 1.29 is 4.39 Å². The van der Waals surface area contributed by atoms with Gasteiger partial charge in [-0.1, -0.05) is 0 Å². The molecule has 1 N–H and O–H groups in total. The van der Waals surface area contributed by atoms with E-state index >= 15 is 0 Å². The van der Waals surface area contributed by atoms with Crippen LogP contribution in [0, 0.1) is 6.92 Å². The first-order chi connectivity index (χ1) is 8.15. The second-order valence-corrected chi connectivity index (χ2v) is 5.01. The SMILES string of the molecule is Cc1cc2cn[nH]c2cc1C1CN(C)CC1F. The number of rotatable bonds is 1. The minimum Gasteiger partial charge on any atom is -0.303 e. The molecule has 0 saturated carbocycles. The topological polar surface area (TPSA) is 31.9 Å². The summed E-state index contributed by atoms with van der Waals surface area (Å²) >= 11 is 0. The van der Waals surface area contributed by atoms with Crippen LogP contribution in [0.5, 0.6) is 0 Å². The maximum absolute atomic E-state index is 14.0. The molecule has 0 amide bonds. The van der Waals surface area contributed by atoms with Gasteiger partial charge in [-0.25, -0.2) is 4.39 Å². The van der Waals surface area contributed by atoms with Crippen LogP contribution < -0.4 is 0 Å². The Labute approximate surface area is 99.6 Å². The number of likely N-dealkylation sites (N-methyl/N-ethyl adjacent to an activating group) is 1. The Morgan fingerprint density at radius 3 is 2.94 bits per heavy atom. The highest BCUT2D eigenvalue weighted by atomic mass is 19.1. The van der Waals surface area contributed by atoms with Crippen molar-refractivity contribution in [2.75, 3.05) is 20.1 Å². The van der Waals surface area contributed by atoms with Crippen molar-refractivity contribution in [2.24, 2.45) is 0 Å². The number of hydrogen-bond donors (Lipinski definition) is 1. The molecule has 3 rings (SSSR count). The Bertz CT molecular complexity index is 549. The van der Waals surface area contributed by atoms with E-state index in [1.165, 1.54) is 0 Å². The van der Waals surface area contributed by atoms with Crippen LogP contribution in [-0.2, 0) is 0 Å². The molecule has 2 heterocycles. The molecule has 1 aromatic heterocycles. The van der Waals surface area contributed by atoms with Crippen molar-refractivity contribution in [3.05, 3.63) is 29.5 Å². The highest BCUT2D eigenvalue weighted by Gasteiger charge is 2.32. The molecule has 3 nitrogen and oxygen atoms in total. The third-order valence-corrected chi connectivity index (χ3v) is 3.66. The third kappa shape index (κ3) is 1.72. The fraction of sp³-hybridized carbons (Fsp3) is 0.462. The zero-order chi connectivity index (χ0) is 12.0. The lowest BCUT2D eigenvalue weighted by Gasteiger charge is -2.15. The largest absolute Gasteiger partial charge is 0.303 e. The van der Waals surface area contributed by atoms with Gasteiger partial charge in [0.2, 0.25) is 0 Å². The lowest BCUT2D eigenvalue weighted by molar-refractivity contribution is 0.309. The lowest BCUT2D eigenvalue weighted by atomic mass is 9.92. The van der Waals surface area contributed by atoms with E-state index in [1.807, 2.05) is 24.9 Å². The van der Waals surface area contributed by atoms with E-state index in [-0.39, 0.29) is 5.92 Å². The van der Waals surface area contributed by atoms with Crippen molar-refractivity contribution in [1.82, 2.24) is 15.1 Å². The standard InChI is InChI=1S/C13H16FN3/c1-8-3-9-5-15-16-13(9)4-10(8)11-6-17(2)7-12(11)14/h3-5,11-12H,6-7H2,1-2H3,(H,15,16). The number of aromatic amines is 1. The summed E-state index contributed by atoms with van der Waals surface area (Å²) in [6, 6.07) is 4.13. The maximum Gasteiger partial charge on any atom is 0.121 e. The summed E-state index contributed by atoms with van der Waals surface area (Å²) in [6.45, 7) is 3.37. The Kier molecular flexibility index (Phi) is 2.40. The number of H-pyrrole nitrogens is 1. The van der Waals surface area contributed by atoms with E-state index in [1.54, 1.807) is 6.20 Å². The first-order valence-electron chi connectivity index (χ1n) is 5.91. The molecule has 0 bridgehead atoms. The van der Waals surface area contributed by atoms with Crippen LogP contribution in [0.15, 0.2) is 18.3 Å². The zero-order valence-corrected chi connectivity index (χ0v) is 10.1. The van der Waals surface area contributed by atoms with Gasteiger partial charge in [-0.05, 0) is 37.2 Å². The molecule has 2 aromatic rings. The minimum absolute atomic E-state index is 0.00676. The van der Waals surface area contributed by atoms with E-state index < -0.39 is 6.17 Å². The van der Waals surface area contributed by atoms with E-state index in [2.05, 4.69) is 16.3 Å². The van der Waals surface area contributed by atoms with Crippen molar-refractivity contribution >= 4 is 10.9 Å². The smallest absolute Gasteiger partial charge is 0.121 e. The average molecular weight is 233 g/mol. The molecule has 2 unspecified atom stereocenters.